The average molecular weight is 385 g/mol. The Bertz CT molecular complexity index is 808. The zero-order valence-corrected chi connectivity index (χ0v) is 16.5. The molecule has 150 valence electrons. The van der Waals surface area contributed by atoms with E-state index in [0.29, 0.717) is 17.2 Å². The summed E-state index contributed by atoms with van der Waals surface area (Å²) in [5.74, 6) is 0.689. The van der Waals surface area contributed by atoms with Gasteiger partial charge in [0.1, 0.15) is 17.6 Å². The summed E-state index contributed by atoms with van der Waals surface area (Å²) >= 11 is 0. The molecule has 0 aliphatic rings. The number of nitrogens with two attached hydrogens (primary N) is 1. The summed E-state index contributed by atoms with van der Waals surface area (Å²) in [5.41, 5.74) is 6.42. The smallest absolute Gasteiger partial charge is 0.331 e. The van der Waals surface area contributed by atoms with E-state index in [-0.39, 0.29) is 6.42 Å². The maximum atomic E-state index is 12.0. The van der Waals surface area contributed by atoms with Gasteiger partial charge in [-0.25, -0.2) is 4.79 Å². The van der Waals surface area contributed by atoms with Gasteiger partial charge in [0.15, 0.2) is 6.04 Å². The molecule has 1 atom stereocenters. The van der Waals surface area contributed by atoms with Crippen molar-refractivity contribution in [3.63, 3.8) is 0 Å². The van der Waals surface area contributed by atoms with Crippen LogP contribution in [0.2, 0.25) is 0 Å². The molecule has 2 rings (SSSR count). The van der Waals surface area contributed by atoms with Crippen molar-refractivity contribution in [2.75, 3.05) is 12.8 Å². The molecular weight excluding hydrogens is 360 g/mol. The third kappa shape index (κ3) is 6.83. The van der Waals surface area contributed by atoms with Gasteiger partial charge in [-0.3, -0.25) is 4.99 Å². The van der Waals surface area contributed by atoms with Crippen LogP contribution in [-0.2, 0) is 20.7 Å². The van der Waals surface area contributed by atoms with Gasteiger partial charge in [0.25, 0.3) is 0 Å². The van der Waals surface area contributed by atoms with Crippen molar-refractivity contribution in [3.8, 4) is 11.5 Å². The van der Waals surface area contributed by atoms with Gasteiger partial charge in [-0.05, 0) is 42.0 Å². The highest BCUT2D eigenvalue weighted by Crippen LogP contribution is 2.23. The molecule has 28 heavy (non-hydrogen) atoms. The Morgan fingerprint density at radius 3 is 2.11 bits per heavy atom. The second kappa shape index (κ2) is 9.12. The van der Waals surface area contributed by atoms with Crippen molar-refractivity contribution in [1.82, 2.24) is 0 Å². The summed E-state index contributed by atoms with van der Waals surface area (Å²) in [6.07, 6.45) is -0.597. The number of aliphatic imine (C=N–C) groups is 1. The summed E-state index contributed by atoms with van der Waals surface area (Å²) in [6, 6.07) is 13.2. The molecule has 0 amide bonds. The van der Waals surface area contributed by atoms with Crippen LogP contribution >= 0.6 is 0 Å². The highest BCUT2D eigenvalue weighted by molar-refractivity contribution is 5.79. The number of nitrogen functional groups attached to an aromatic ring is 1. The van der Waals surface area contributed by atoms with Crippen LogP contribution in [0, 0.1) is 0 Å². The summed E-state index contributed by atoms with van der Waals surface area (Å²) in [5, 5.41) is 11.9. The number of anilines is 1. The van der Waals surface area contributed by atoms with Crippen LogP contribution in [-0.4, -0.2) is 30.8 Å². The van der Waals surface area contributed by atoms with E-state index in [1.54, 1.807) is 69.3 Å². The van der Waals surface area contributed by atoms with Gasteiger partial charge in [0.2, 0.25) is 0 Å². The van der Waals surface area contributed by atoms with Crippen molar-refractivity contribution in [2.45, 2.75) is 38.8 Å². The number of carbonyl (C=O) groups is 1. The minimum absolute atomic E-state index is 0.202. The molecule has 0 spiro atoms. The van der Waals surface area contributed by atoms with Crippen LogP contribution < -0.4 is 15.6 Å². The Hall–Kier alpha value is -3.22. The third-order valence-electron chi connectivity index (χ3n) is 3.60. The third-order valence-corrected chi connectivity index (χ3v) is 3.60. The lowest BCUT2D eigenvalue weighted by Gasteiger charge is -2.30. The Labute approximate surface area is 164 Å². The largest absolute Gasteiger partial charge is 0.595 e. The maximum absolute atomic E-state index is 12.0. The van der Waals surface area contributed by atoms with Crippen molar-refractivity contribution in [3.05, 3.63) is 54.1 Å². The molecule has 0 saturated heterocycles. The normalized spacial score (nSPS) is 12.9. The van der Waals surface area contributed by atoms with E-state index >= 15 is 0 Å². The van der Waals surface area contributed by atoms with Crippen LogP contribution in [0.1, 0.15) is 26.3 Å². The predicted molar refractivity (Wildman–Crippen MR) is 105 cm³/mol. The average Bonchev–Trinajstić information content (AvgIpc) is 2.62. The Morgan fingerprint density at radius 2 is 1.61 bits per heavy atom. The molecule has 7 heteroatoms. The van der Waals surface area contributed by atoms with E-state index in [2.05, 4.69) is 4.99 Å². The molecule has 0 radical (unpaired) electrons. The summed E-state index contributed by atoms with van der Waals surface area (Å²) in [6.45, 7) is 5.19. The van der Waals surface area contributed by atoms with E-state index in [0.717, 1.165) is 5.56 Å². The lowest BCUT2D eigenvalue weighted by atomic mass is 10.1. The van der Waals surface area contributed by atoms with Crippen LogP contribution in [0.4, 0.5) is 5.69 Å². The van der Waals surface area contributed by atoms with Crippen molar-refractivity contribution < 1.29 is 24.1 Å². The lowest BCUT2D eigenvalue weighted by molar-refractivity contribution is -0.261. The first-order valence-corrected chi connectivity index (χ1v) is 8.80. The second-order valence-electron chi connectivity index (χ2n) is 7.17. The molecule has 0 heterocycles. The quantitative estimate of drug-likeness (QED) is 0.355. The van der Waals surface area contributed by atoms with Gasteiger partial charge in [-0.15, -0.1) is 0 Å². The van der Waals surface area contributed by atoms with Crippen LogP contribution in [0.3, 0.4) is 0 Å². The predicted octanol–water partition coefficient (Wildman–Crippen LogP) is 2.68. The van der Waals surface area contributed by atoms with Crippen molar-refractivity contribution in [1.29, 1.82) is 0 Å². The molecular formula is C21H25N2O5-. The number of methoxy groups -OCH3 is 1. The van der Waals surface area contributed by atoms with Gasteiger partial charge in [0, 0.05) is 17.7 Å². The molecule has 0 unspecified atom stereocenters. The minimum atomic E-state index is -0.983. The van der Waals surface area contributed by atoms with E-state index in [9.17, 15) is 9.90 Å². The number of hydrogen-bond donors (Lipinski definition) is 1. The second-order valence-corrected chi connectivity index (χ2v) is 7.17. The molecule has 2 N–H and O–H groups in total. The van der Waals surface area contributed by atoms with E-state index in [1.807, 2.05) is 0 Å². The Kier molecular flexibility index (Phi) is 6.87. The van der Waals surface area contributed by atoms with Crippen LogP contribution in [0.5, 0.6) is 11.5 Å². The zero-order chi connectivity index (χ0) is 20.7. The summed E-state index contributed by atoms with van der Waals surface area (Å²) < 4.78 is 15.6. The highest BCUT2D eigenvalue weighted by atomic mass is 16.6. The monoisotopic (exact) mass is 385 g/mol. The maximum Gasteiger partial charge on any atom is 0.331 e. The minimum Gasteiger partial charge on any atom is -0.595 e. The number of ether oxygens (including phenoxy) is 3. The Balaban J connectivity index is 2.08. The number of nitrogens with zero attached hydrogens (tertiary/aromatic N) is 1. The molecule has 0 aromatic heterocycles. The van der Waals surface area contributed by atoms with E-state index in [4.69, 9.17) is 19.9 Å². The number of rotatable bonds is 6. The molecule has 0 aliphatic heterocycles. The standard InChI is InChI=1S/C21H26N2O5/c1-21(2,3)28-20(25)23-18(19(24)26-4)13-14-5-9-16(10-6-14)27-17-11-7-15(22)8-12-17/h5-12,18H,13,22H2,1-4H3,(H,23,25)/p-1/t18-/m1/s1. The van der Waals surface area contributed by atoms with E-state index < -0.39 is 23.7 Å². The van der Waals surface area contributed by atoms with Gasteiger partial charge in [-0.1, -0.05) is 32.9 Å². The fourth-order valence-corrected chi connectivity index (χ4v) is 2.32. The number of carbonyl (C=O) groups excluding carboxylic acids is 1. The molecule has 0 saturated carbocycles. The Morgan fingerprint density at radius 1 is 1.07 bits per heavy atom. The first kappa shape index (κ1) is 21.1. The molecule has 7 nitrogen and oxygen atoms in total. The van der Waals surface area contributed by atoms with Crippen molar-refractivity contribution in [2.24, 2.45) is 4.99 Å². The molecule has 2 aromatic rings. The van der Waals surface area contributed by atoms with Gasteiger partial charge in [0.05, 0.1) is 7.11 Å². The van der Waals surface area contributed by atoms with Gasteiger partial charge < -0.3 is 25.1 Å². The highest BCUT2D eigenvalue weighted by Gasteiger charge is 2.19. The molecule has 0 bridgehead atoms. The molecule has 2 aromatic carbocycles. The van der Waals surface area contributed by atoms with Gasteiger partial charge in [-0.2, -0.15) is 0 Å². The molecule has 0 aliphatic carbocycles. The zero-order valence-electron chi connectivity index (χ0n) is 16.5. The summed E-state index contributed by atoms with van der Waals surface area (Å²) in [4.78, 5) is 15.8. The van der Waals surface area contributed by atoms with Crippen LogP contribution in [0.15, 0.2) is 53.5 Å². The SMILES string of the molecule is COC(=O)[C@@H](Cc1ccc(Oc2ccc(N)cc2)cc1)N=C([O-])OC(C)(C)C. The van der Waals surface area contributed by atoms with Crippen LogP contribution in [0.25, 0.3) is 0 Å². The number of benzene rings is 2. The lowest BCUT2D eigenvalue weighted by Crippen LogP contribution is -2.35. The first-order valence-electron chi connectivity index (χ1n) is 8.80. The fourth-order valence-electron chi connectivity index (χ4n) is 2.32. The van der Waals surface area contributed by atoms with E-state index in [1.165, 1.54) is 7.11 Å². The number of esters is 1. The summed E-state index contributed by atoms with van der Waals surface area (Å²) in [7, 11) is 1.25. The first-order chi connectivity index (χ1) is 13.2. The van der Waals surface area contributed by atoms with Crippen molar-refractivity contribution >= 4 is 17.7 Å². The number of hydrogen-bond acceptors (Lipinski definition) is 7. The van der Waals surface area contributed by atoms with Gasteiger partial charge >= 0.3 is 5.97 Å². The fraction of sp³-hybridized carbons (Fsp3) is 0.333. The molecule has 0 fully saturated rings. The topological polar surface area (TPSA) is 106 Å².